The third kappa shape index (κ3) is 2.33. The highest BCUT2D eigenvalue weighted by Crippen LogP contribution is 2.31. The highest BCUT2D eigenvalue weighted by atomic mass is 35.5. The molecule has 0 atom stereocenters. The monoisotopic (exact) mass is 282 g/mol. The molecule has 0 aliphatic heterocycles. The first-order valence-electron chi connectivity index (χ1n) is 4.41. The van der Waals surface area contributed by atoms with Gasteiger partial charge in [-0.05, 0) is 12.1 Å². The molecule has 0 fully saturated rings. The lowest BCUT2D eigenvalue weighted by atomic mass is 10.2. The second-order valence-electron chi connectivity index (χ2n) is 3.33. The van der Waals surface area contributed by atoms with E-state index in [-0.39, 0.29) is 16.5 Å². The second-order valence-corrected chi connectivity index (χ2v) is 6.24. The molecule has 0 heterocycles. The fourth-order valence-electron chi connectivity index (χ4n) is 1.16. The van der Waals surface area contributed by atoms with Gasteiger partial charge in [0.15, 0.2) is 0 Å². The van der Waals surface area contributed by atoms with Gasteiger partial charge in [0.1, 0.15) is 4.90 Å². The number of halogens is 2. The first kappa shape index (κ1) is 13.7. The molecule has 0 spiro atoms. The first-order valence-corrected chi connectivity index (χ1v) is 6.61. The quantitative estimate of drug-likeness (QED) is 0.918. The Hall–Kier alpha value is -0.330. The van der Waals surface area contributed by atoms with Crippen molar-refractivity contribution in [1.29, 1.82) is 0 Å². The molecule has 1 aromatic carbocycles. The van der Waals surface area contributed by atoms with Crippen LogP contribution in [0.2, 0.25) is 10.0 Å². The van der Waals surface area contributed by atoms with E-state index in [4.69, 9.17) is 28.9 Å². The van der Waals surface area contributed by atoms with E-state index in [1.807, 2.05) is 0 Å². The molecule has 0 aliphatic carbocycles. The molecule has 0 unspecified atom stereocenters. The van der Waals surface area contributed by atoms with Crippen LogP contribution in [-0.4, -0.2) is 26.8 Å². The van der Waals surface area contributed by atoms with Crippen molar-refractivity contribution in [2.24, 2.45) is 5.73 Å². The van der Waals surface area contributed by atoms with Crippen LogP contribution in [0.3, 0.4) is 0 Å². The summed E-state index contributed by atoms with van der Waals surface area (Å²) < 4.78 is 24.9. The summed E-state index contributed by atoms with van der Waals surface area (Å²) in [6, 6.07) is 2.85. The number of rotatable bonds is 3. The third-order valence-corrected chi connectivity index (χ3v) is 4.87. The maximum absolute atomic E-state index is 11.9. The maximum atomic E-state index is 11.9. The molecule has 2 N–H and O–H groups in total. The van der Waals surface area contributed by atoms with Crippen LogP contribution in [0.5, 0.6) is 0 Å². The lowest BCUT2D eigenvalue weighted by molar-refractivity contribution is 0.520. The summed E-state index contributed by atoms with van der Waals surface area (Å²) in [6.45, 7) is 0.0917. The Bertz CT molecular complexity index is 500. The van der Waals surface area contributed by atoms with Gasteiger partial charge in [0, 0.05) is 31.2 Å². The number of hydrogen-bond acceptors (Lipinski definition) is 3. The van der Waals surface area contributed by atoms with Gasteiger partial charge < -0.3 is 5.73 Å². The van der Waals surface area contributed by atoms with Crippen molar-refractivity contribution in [1.82, 2.24) is 4.31 Å². The summed E-state index contributed by atoms with van der Waals surface area (Å²) in [5.41, 5.74) is 5.90. The Labute approximate surface area is 105 Å². The normalized spacial score (nSPS) is 12.1. The minimum atomic E-state index is -3.57. The number of hydrogen-bond donors (Lipinski definition) is 1. The number of nitrogens with two attached hydrogens (primary N) is 1. The Kier molecular flexibility index (Phi) is 4.20. The first-order chi connectivity index (χ1) is 7.32. The van der Waals surface area contributed by atoms with Gasteiger partial charge in [-0.15, -0.1) is 0 Å². The average molecular weight is 283 g/mol. The molecule has 1 rings (SSSR count). The Morgan fingerprint density at radius 1 is 1.31 bits per heavy atom. The zero-order chi connectivity index (χ0) is 12.5. The topological polar surface area (TPSA) is 63.4 Å². The molecule has 0 saturated heterocycles. The van der Waals surface area contributed by atoms with Gasteiger partial charge in [0.25, 0.3) is 0 Å². The number of sulfonamides is 1. The number of nitrogens with zero attached hydrogens (tertiary/aromatic N) is 1. The highest BCUT2D eigenvalue weighted by Gasteiger charge is 2.23. The van der Waals surface area contributed by atoms with Gasteiger partial charge in [-0.3, -0.25) is 0 Å². The van der Waals surface area contributed by atoms with Crippen LogP contribution in [0.15, 0.2) is 17.0 Å². The Morgan fingerprint density at radius 3 is 2.31 bits per heavy atom. The lowest BCUT2D eigenvalue weighted by Crippen LogP contribution is -2.23. The van der Waals surface area contributed by atoms with E-state index in [9.17, 15) is 8.42 Å². The maximum Gasteiger partial charge on any atom is 0.244 e. The van der Waals surface area contributed by atoms with Crippen molar-refractivity contribution in [2.45, 2.75) is 11.4 Å². The molecule has 7 heteroatoms. The number of benzene rings is 1. The van der Waals surface area contributed by atoms with Crippen molar-refractivity contribution < 1.29 is 8.42 Å². The van der Waals surface area contributed by atoms with Gasteiger partial charge in [-0.2, -0.15) is 0 Å². The molecule has 90 valence electrons. The summed E-state index contributed by atoms with van der Waals surface area (Å²) in [7, 11) is -0.704. The van der Waals surface area contributed by atoms with Gasteiger partial charge >= 0.3 is 0 Å². The van der Waals surface area contributed by atoms with Crippen LogP contribution in [-0.2, 0) is 16.6 Å². The minimum absolute atomic E-state index is 0.0176. The molecular formula is C9H12Cl2N2O2S. The van der Waals surface area contributed by atoms with E-state index in [0.29, 0.717) is 10.6 Å². The molecule has 4 nitrogen and oxygen atoms in total. The lowest BCUT2D eigenvalue weighted by Gasteiger charge is -2.15. The van der Waals surface area contributed by atoms with Gasteiger partial charge in [-0.25, -0.2) is 12.7 Å². The molecule has 0 aromatic heterocycles. The van der Waals surface area contributed by atoms with E-state index in [0.717, 1.165) is 4.31 Å². The van der Waals surface area contributed by atoms with Crippen molar-refractivity contribution >= 4 is 33.2 Å². The molecule has 0 aliphatic rings. The smallest absolute Gasteiger partial charge is 0.244 e. The fraction of sp³-hybridized carbons (Fsp3) is 0.333. The van der Waals surface area contributed by atoms with Crippen molar-refractivity contribution in [3.8, 4) is 0 Å². The largest absolute Gasteiger partial charge is 0.326 e. The van der Waals surface area contributed by atoms with Crippen molar-refractivity contribution in [3.63, 3.8) is 0 Å². The molecule has 16 heavy (non-hydrogen) atoms. The van der Waals surface area contributed by atoms with Crippen LogP contribution >= 0.6 is 23.2 Å². The Morgan fingerprint density at radius 2 is 1.88 bits per heavy atom. The van der Waals surface area contributed by atoms with Crippen molar-refractivity contribution in [3.05, 3.63) is 27.7 Å². The average Bonchev–Trinajstić information content (AvgIpc) is 2.17. The van der Waals surface area contributed by atoms with Gasteiger partial charge in [0.05, 0.1) is 5.02 Å². The van der Waals surface area contributed by atoms with Crippen LogP contribution in [0, 0.1) is 0 Å². The van der Waals surface area contributed by atoms with E-state index in [2.05, 4.69) is 0 Å². The third-order valence-electron chi connectivity index (χ3n) is 2.11. The molecular weight excluding hydrogens is 271 g/mol. The molecule has 0 amide bonds. The molecule has 0 bridgehead atoms. The zero-order valence-electron chi connectivity index (χ0n) is 8.87. The predicted molar refractivity (Wildman–Crippen MR) is 65.2 cm³/mol. The minimum Gasteiger partial charge on any atom is -0.326 e. The van der Waals surface area contributed by atoms with E-state index < -0.39 is 10.0 Å². The van der Waals surface area contributed by atoms with Gasteiger partial charge in [0.2, 0.25) is 10.0 Å². The molecule has 1 aromatic rings. The Balaban J connectivity index is 3.50. The standard InChI is InChI=1S/C9H12Cl2N2O2S/c1-13(2)16(14,15)8-4-3-7(10)6(5-12)9(8)11/h3-4H,5,12H2,1-2H3. The van der Waals surface area contributed by atoms with Crippen LogP contribution in [0.25, 0.3) is 0 Å². The summed E-state index contributed by atoms with van der Waals surface area (Å²) in [4.78, 5) is 0.0176. The van der Waals surface area contributed by atoms with E-state index >= 15 is 0 Å². The van der Waals surface area contributed by atoms with E-state index in [1.54, 1.807) is 0 Å². The summed E-state index contributed by atoms with van der Waals surface area (Å²) in [6.07, 6.45) is 0. The van der Waals surface area contributed by atoms with E-state index in [1.165, 1.54) is 26.2 Å². The zero-order valence-corrected chi connectivity index (χ0v) is 11.2. The van der Waals surface area contributed by atoms with Crippen LogP contribution < -0.4 is 5.73 Å². The summed E-state index contributed by atoms with van der Waals surface area (Å²) in [5, 5.41) is 0.453. The second kappa shape index (κ2) is 4.89. The predicted octanol–water partition coefficient (Wildman–Crippen LogP) is 1.70. The molecule has 0 saturated carbocycles. The fourth-order valence-corrected chi connectivity index (χ4v) is 2.96. The van der Waals surface area contributed by atoms with Crippen LogP contribution in [0.1, 0.15) is 5.56 Å². The summed E-state index contributed by atoms with van der Waals surface area (Å²) in [5.74, 6) is 0. The van der Waals surface area contributed by atoms with Crippen molar-refractivity contribution in [2.75, 3.05) is 14.1 Å². The SMILES string of the molecule is CN(C)S(=O)(=O)c1ccc(Cl)c(CN)c1Cl. The van der Waals surface area contributed by atoms with Gasteiger partial charge in [-0.1, -0.05) is 23.2 Å². The highest BCUT2D eigenvalue weighted by molar-refractivity contribution is 7.89. The van der Waals surface area contributed by atoms with Crippen LogP contribution in [0.4, 0.5) is 0 Å². The molecule has 0 radical (unpaired) electrons. The summed E-state index contributed by atoms with van der Waals surface area (Å²) >= 11 is 11.8.